The van der Waals surface area contributed by atoms with Crippen LogP contribution in [0.4, 0.5) is 0 Å². The van der Waals surface area contributed by atoms with E-state index in [1.165, 1.54) is 18.2 Å². The van der Waals surface area contributed by atoms with E-state index in [0.717, 1.165) is 25.2 Å². The van der Waals surface area contributed by atoms with Crippen LogP contribution < -0.4 is 15.1 Å². The standard InChI is InChI=1S/C23H21NO5/c1-27-20-4-2-3-16-12-18(23(26)29-21(16)20)22(25)24-9-7-17(13-24)14-5-6-19-15(11-14)8-10-28-19/h2-6,11-12,17H,7-10,13H2,1H3. The second-order valence-corrected chi connectivity index (χ2v) is 7.53. The third kappa shape index (κ3) is 3.05. The Hall–Kier alpha value is -3.28. The van der Waals surface area contributed by atoms with Crippen molar-refractivity contribution in [3.63, 3.8) is 0 Å². The van der Waals surface area contributed by atoms with Crippen LogP contribution in [0.25, 0.3) is 11.0 Å². The molecule has 0 N–H and O–H groups in total. The summed E-state index contributed by atoms with van der Waals surface area (Å²) >= 11 is 0. The van der Waals surface area contributed by atoms with Crippen molar-refractivity contribution in [1.29, 1.82) is 0 Å². The topological polar surface area (TPSA) is 69.0 Å². The summed E-state index contributed by atoms with van der Waals surface area (Å²) in [6.07, 6.45) is 1.80. The molecular formula is C23H21NO5. The molecule has 29 heavy (non-hydrogen) atoms. The van der Waals surface area contributed by atoms with Gasteiger partial charge in [-0.1, -0.05) is 24.3 Å². The molecule has 0 aliphatic carbocycles. The molecule has 1 aromatic heterocycles. The number of hydrogen-bond donors (Lipinski definition) is 0. The van der Waals surface area contributed by atoms with E-state index >= 15 is 0 Å². The van der Waals surface area contributed by atoms with E-state index in [4.69, 9.17) is 13.9 Å². The minimum absolute atomic E-state index is 0.0637. The third-order valence-corrected chi connectivity index (χ3v) is 5.83. The molecule has 6 nitrogen and oxygen atoms in total. The Balaban J connectivity index is 1.40. The van der Waals surface area contributed by atoms with Crippen molar-refractivity contribution in [3.8, 4) is 11.5 Å². The van der Waals surface area contributed by atoms with E-state index in [-0.39, 0.29) is 17.4 Å². The van der Waals surface area contributed by atoms with Crippen molar-refractivity contribution < 1.29 is 18.7 Å². The smallest absolute Gasteiger partial charge is 0.349 e. The van der Waals surface area contributed by atoms with Crippen molar-refractivity contribution in [2.45, 2.75) is 18.8 Å². The third-order valence-electron chi connectivity index (χ3n) is 5.83. The molecule has 0 spiro atoms. The van der Waals surface area contributed by atoms with Crippen LogP contribution in [-0.4, -0.2) is 37.6 Å². The lowest BCUT2D eigenvalue weighted by molar-refractivity contribution is 0.0786. The van der Waals surface area contributed by atoms with Crippen molar-refractivity contribution >= 4 is 16.9 Å². The average molecular weight is 391 g/mol. The molecule has 0 bridgehead atoms. The van der Waals surface area contributed by atoms with Gasteiger partial charge in [0.25, 0.3) is 5.91 Å². The second-order valence-electron chi connectivity index (χ2n) is 7.53. The van der Waals surface area contributed by atoms with Crippen molar-refractivity contribution in [2.24, 2.45) is 0 Å². The summed E-state index contributed by atoms with van der Waals surface area (Å²) in [5.74, 6) is 1.41. The molecule has 3 heterocycles. The summed E-state index contributed by atoms with van der Waals surface area (Å²) in [5, 5.41) is 0.668. The highest BCUT2D eigenvalue weighted by molar-refractivity contribution is 5.97. The van der Waals surface area contributed by atoms with Gasteiger partial charge in [0, 0.05) is 30.8 Å². The normalized spacial score (nSPS) is 18.0. The van der Waals surface area contributed by atoms with E-state index in [0.29, 0.717) is 29.8 Å². The molecule has 0 radical (unpaired) electrons. The van der Waals surface area contributed by atoms with Crippen LogP contribution in [0, 0.1) is 0 Å². The lowest BCUT2D eigenvalue weighted by Crippen LogP contribution is -2.32. The van der Waals surface area contributed by atoms with E-state index < -0.39 is 5.63 Å². The van der Waals surface area contributed by atoms with E-state index in [1.807, 2.05) is 6.07 Å². The Labute approximate surface area is 167 Å². The molecule has 1 saturated heterocycles. The number of nitrogens with zero attached hydrogens (tertiary/aromatic N) is 1. The fourth-order valence-electron chi connectivity index (χ4n) is 4.28. The lowest BCUT2D eigenvalue weighted by atomic mass is 9.96. The van der Waals surface area contributed by atoms with Gasteiger partial charge in [-0.3, -0.25) is 4.79 Å². The first-order chi connectivity index (χ1) is 14.1. The number of hydrogen-bond acceptors (Lipinski definition) is 5. The van der Waals surface area contributed by atoms with Crippen LogP contribution in [0.1, 0.15) is 33.8 Å². The number of benzene rings is 2. The first-order valence-electron chi connectivity index (χ1n) is 9.80. The molecule has 1 unspecified atom stereocenters. The summed E-state index contributed by atoms with van der Waals surface area (Å²) in [5.41, 5.74) is 2.24. The van der Waals surface area contributed by atoms with Crippen LogP contribution in [-0.2, 0) is 6.42 Å². The Kier molecular flexibility index (Phi) is 4.27. The number of carbonyl (C=O) groups is 1. The molecule has 6 heteroatoms. The van der Waals surface area contributed by atoms with E-state index in [9.17, 15) is 9.59 Å². The number of carbonyl (C=O) groups excluding carboxylic acids is 1. The summed E-state index contributed by atoms with van der Waals surface area (Å²) in [4.78, 5) is 27.3. The van der Waals surface area contributed by atoms with Gasteiger partial charge in [0.2, 0.25) is 0 Å². The number of ether oxygens (including phenoxy) is 2. The van der Waals surface area contributed by atoms with Gasteiger partial charge in [-0.2, -0.15) is 0 Å². The van der Waals surface area contributed by atoms with Crippen LogP contribution in [0.5, 0.6) is 11.5 Å². The van der Waals surface area contributed by atoms with Crippen LogP contribution in [0.2, 0.25) is 0 Å². The second kappa shape index (κ2) is 6.95. The Morgan fingerprint density at radius 1 is 1.21 bits per heavy atom. The molecule has 1 atom stereocenters. The molecule has 1 fully saturated rings. The van der Waals surface area contributed by atoms with E-state index in [2.05, 4.69) is 12.1 Å². The Morgan fingerprint density at radius 2 is 2.10 bits per heavy atom. The van der Waals surface area contributed by atoms with Gasteiger partial charge in [-0.25, -0.2) is 4.79 Å². The van der Waals surface area contributed by atoms with Gasteiger partial charge in [-0.05, 0) is 35.7 Å². The number of rotatable bonds is 3. The van der Waals surface area contributed by atoms with Gasteiger partial charge in [0.1, 0.15) is 11.3 Å². The van der Waals surface area contributed by atoms with E-state index in [1.54, 1.807) is 29.2 Å². The first-order valence-corrected chi connectivity index (χ1v) is 9.80. The number of likely N-dealkylation sites (tertiary alicyclic amines) is 1. The minimum atomic E-state index is -0.634. The maximum absolute atomic E-state index is 13.0. The van der Waals surface area contributed by atoms with Crippen molar-refractivity contribution in [2.75, 3.05) is 26.8 Å². The maximum atomic E-state index is 13.0. The summed E-state index contributed by atoms with van der Waals surface area (Å²) in [6, 6.07) is 13.2. The minimum Gasteiger partial charge on any atom is -0.493 e. The summed E-state index contributed by atoms with van der Waals surface area (Å²) in [7, 11) is 1.52. The predicted molar refractivity (Wildman–Crippen MR) is 108 cm³/mol. The molecule has 3 aromatic rings. The molecule has 2 aromatic carbocycles. The Morgan fingerprint density at radius 3 is 2.97 bits per heavy atom. The summed E-state index contributed by atoms with van der Waals surface area (Å²) < 4.78 is 16.2. The van der Waals surface area contributed by atoms with Crippen molar-refractivity contribution in [1.82, 2.24) is 4.90 Å². The highest BCUT2D eigenvalue weighted by atomic mass is 16.5. The highest BCUT2D eigenvalue weighted by Gasteiger charge is 2.30. The SMILES string of the molecule is COc1cccc2cc(C(=O)N3CCC(c4ccc5c(c4)CCO5)C3)c(=O)oc12. The number of amides is 1. The number of fused-ring (bicyclic) bond motifs is 2. The van der Waals surface area contributed by atoms with Crippen molar-refractivity contribution in [3.05, 3.63) is 69.6 Å². The highest BCUT2D eigenvalue weighted by Crippen LogP contribution is 2.33. The number of para-hydroxylation sites is 1. The predicted octanol–water partition coefficient (Wildman–Crippen LogP) is 3.37. The average Bonchev–Trinajstić information content (AvgIpc) is 3.41. The van der Waals surface area contributed by atoms with Crippen LogP contribution in [0.3, 0.4) is 0 Å². The molecule has 0 saturated carbocycles. The summed E-state index contributed by atoms with van der Waals surface area (Å²) in [6.45, 7) is 1.94. The zero-order chi connectivity index (χ0) is 20.0. The monoisotopic (exact) mass is 391 g/mol. The zero-order valence-electron chi connectivity index (χ0n) is 16.1. The zero-order valence-corrected chi connectivity index (χ0v) is 16.1. The van der Waals surface area contributed by atoms with Gasteiger partial charge < -0.3 is 18.8 Å². The Bertz CT molecular complexity index is 1170. The quantitative estimate of drug-likeness (QED) is 0.641. The molecule has 5 rings (SSSR count). The molecule has 148 valence electrons. The van der Waals surface area contributed by atoms with Gasteiger partial charge in [-0.15, -0.1) is 0 Å². The molecule has 2 aliphatic rings. The fourth-order valence-corrected chi connectivity index (χ4v) is 4.28. The van der Waals surface area contributed by atoms with Crippen LogP contribution >= 0.6 is 0 Å². The number of methoxy groups -OCH3 is 1. The first kappa shape index (κ1) is 17.8. The molecular weight excluding hydrogens is 370 g/mol. The molecule has 1 amide bonds. The van der Waals surface area contributed by atoms with Gasteiger partial charge in [0.15, 0.2) is 11.3 Å². The van der Waals surface area contributed by atoms with Gasteiger partial charge >= 0.3 is 5.63 Å². The largest absolute Gasteiger partial charge is 0.493 e. The fraction of sp³-hybridized carbons (Fsp3) is 0.304. The van der Waals surface area contributed by atoms with Crippen LogP contribution in [0.15, 0.2) is 51.7 Å². The lowest BCUT2D eigenvalue weighted by Gasteiger charge is -2.17. The maximum Gasteiger partial charge on any atom is 0.349 e. The molecule has 2 aliphatic heterocycles. The van der Waals surface area contributed by atoms with Gasteiger partial charge in [0.05, 0.1) is 13.7 Å².